The maximum absolute atomic E-state index is 12.6. The van der Waals surface area contributed by atoms with E-state index in [9.17, 15) is 4.79 Å². The Kier molecular flexibility index (Phi) is 4.82. The molecule has 2 N–H and O–H groups in total. The van der Waals surface area contributed by atoms with Gasteiger partial charge in [-0.25, -0.2) is 4.98 Å². The predicted octanol–water partition coefficient (Wildman–Crippen LogP) is 1.29. The maximum atomic E-state index is 12.6. The molecule has 0 saturated carbocycles. The Morgan fingerprint density at radius 1 is 1.60 bits per heavy atom. The van der Waals surface area contributed by atoms with E-state index >= 15 is 0 Å². The Morgan fingerprint density at radius 2 is 2.35 bits per heavy atom. The van der Waals surface area contributed by atoms with Crippen molar-refractivity contribution < 1.29 is 9.53 Å². The van der Waals surface area contributed by atoms with E-state index in [2.05, 4.69) is 4.98 Å². The summed E-state index contributed by atoms with van der Waals surface area (Å²) in [6.07, 6.45) is 2.12. The van der Waals surface area contributed by atoms with Gasteiger partial charge in [-0.1, -0.05) is 11.3 Å². The van der Waals surface area contributed by atoms with Crippen LogP contribution in [-0.2, 0) is 4.74 Å². The van der Waals surface area contributed by atoms with Crippen LogP contribution in [-0.4, -0.2) is 56.7 Å². The fourth-order valence-electron chi connectivity index (χ4n) is 2.43. The van der Waals surface area contributed by atoms with Crippen molar-refractivity contribution in [2.45, 2.75) is 12.8 Å². The highest BCUT2D eigenvalue weighted by molar-refractivity contribution is 7.18. The van der Waals surface area contributed by atoms with E-state index in [1.807, 2.05) is 23.9 Å². The largest absolute Gasteiger partial charge is 0.384 e. The Morgan fingerprint density at radius 3 is 2.95 bits per heavy atom. The van der Waals surface area contributed by atoms with Gasteiger partial charge in [0.1, 0.15) is 10.7 Å². The molecular formula is C13H22N4O2S. The standard InChI is InChI=1S/C13H22N4O2S/c1-16(2)13-15-11(14)10(20-13)12(18)17-6-4-5-9(7-17)8-19-3/h9H,4-8,14H2,1-3H3. The van der Waals surface area contributed by atoms with Crippen LogP contribution < -0.4 is 10.6 Å². The normalized spacial score (nSPS) is 19.1. The number of carbonyl (C=O) groups is 1. The van der Waals surface area contributed by atoms with Crippen LogP contribution in [0.2, 0.25) is 0 Å². The number of nitrogens with two attached hydrogens (primary N) is 1. The minimum absolute atomic E-state index is 0.00565. The number of nitrogens with zero attached hydrogens (tertiary/aromatic N) is 3. The number of methoxy groups -OCH3 is 1. The van der Waals surface area contributed by atoms with Crippen molar-refractivity contribution in [1.29, 1.82) is 0 Å². The van der Waals surface area contributed by atoms with Gasteiger partial charge in [-0.15, -0.1) is 0 Å². The molecule has 1 aliphatic rings. The summed E-state index contributed by atoms with van der Waals surface area (Å²) in [6.45, 7) is 2.22. The van der Waals surface area contributed by atoms with Crippen molar-refractivity contribution >= 4 is 28.2 Å². The highest BCUT2D eigenvalue weighted by Gasteiger charge is 2.27. The molecule has 1 aromatic rings. The zero-order valence-corrected chi connectivity index (χ0v) is 13.1. The van der Waals surface area contributed by atoms with E-state index in [0.717, 1.165) is 31.1 Å². The molecule has 0 radical (unpaired) electrons. The van der Waals surface area contributed by atoms with Crippen molar-refractivity contribution in [2.24, 2.45) is 5.92 Å². The van der Waals surface area contributed by atoms with E-state index < -0.39 is 0 Å². The number of piperidine rings is 1. The predicted molar refractivity (Wildman–Crippen MR) is 81.4 cm³/mol. The number of ether oxygens (including phenoxy) is 1. The molecule has 1 atom stereocenters. The first-order valence-electron chi connectivity index (χ1n) is 6.74. The molecule has 0 bridgehead atoms. The van der Waals surface area contributed by atoms with E-state index in [1.54, 1.807) is 7.11 Å². The number of thiazole rings is 1. The summed E-state index contributed by atoms with van der Waals surface area (Å²) >= 11 is 1.35. The third-order valence-electron chi connectivity index (χ3n) is 3.43. The molecule has 1 aliphatic heterocycles. The van der Waals surface area contributed by atoms with E-state index in [-0.39, 0.29) is 5.91 Å². The summed E-state index contributed by atoms with van der Waals surface area (Å²) in [5.74, 6) is 0.742. The second-order valence-corrected chi connectivity index (χ2v) is 6.30. The summed E-state index contributed by atoms with van der Waals surface area (Å²) < 4.78 is 5.20. The van der Waals surface area contributed by atoms with Gasteiger partial charge in [0, 0.05) is 34.3 Å². The third kappa shape index (κ3) is 3.21. The molecule has 0 aliphatic carbocycles. The second kappa shape index (κ2) is 6.41. The smallest absolute Gasteiger partial charge is 0.267 e. The monoisotopic (exact) mass is 298 g/mol. The molecule has 6 nitrogen and oxygen atoms in total. The van der Waals surface area contributed by atoms with Crippen LogP contribution in [0.15, 0.2) is 0 Å². The van der Waals surface area contributed by atoms with Crippen molar-refractivity contribution in [3.8, 4) is 0 Å². The van der Waals surface area contributed by atoms with E-state index in [0.29, 0.717) is 23.2 Å². The van der Waals surface area contributed by atoms with Gasteiger partial charge in [0.15, 0.2) is 5.13 Å². The maximum Gasteiger partial charge on any atom is 0.267 e. The molecule has 1 unspecified atom stereocenters. The average Bonchev–Trinajstić information content (AvgIpc) is 2.81. The van der Waals surface area contributed by atoms with Gasteiger partial charge in [0.25, 0.3) is 5.91 Å². The van der Waals surface area contributed by atoms with Crippen LogP contribution in [0, 0.1) is 5.92 Å². The fraction of sp³-hybridized carbons (Fsp3) is 0.692. The lowest BCUT2D eigenvalue weighted by Crippen LogP contribution is -2.41. The van der Waals surface area contributed by atoms with Crippen molar-refractivity contribution in [3.63, 3.8) is 0 Å². The van der Waals surface area contributed by atoms with Crippen LogP contribution in [0.3, 0.4) is 0 Å². The van der Waals surface area contributed by atoms with Crippen molar-refractivity contribution in [3.05, 3.63) is 4.88 Å². The zero-order valence-electron chi connectivity index (χ0n) is 12.3. The first kappa shape index (κ1) is 15.1. The quantitative estimate of drug-likeness (QED) is 0.907. The van der Waals surface area contributed by atoms with Gasteiger partial charge in [0.05, 0.1) is 6.61 Å². The highest BCUT2D eigenvalue weighted by atomic mass is 32.1. The van der Waals surface area contributed by atoms with Gasteiger partial charge in [0.2, 0.25) is 0 Å². The topological polar surface area (TPSA) is 71.7 Å². The van der Waals surface area contributed by atoms with Gasteiger partial charge < -0.3 is 20.3 Å². The number of hydrogen-bond donors (Lipinski definition) is 1. The SMILES string of the molecule is COCC1CCCN(C(=O)c2sc(N(C)C)nc2N)C1. The summed E-state index contributed by atoms with van der Waals surface area (Å²) in [5, 5.41) is 0.760. The number of nitrogen functional groups attached to an aromatic ring is 1. The zero-order chi connectivity index (χ0) is 14.7. The van der Waals surface area contributed by atoms with Crippen LogP contribution >= 0.6 is 11.3 Å². The van der Waals surface area contributed by atoms with Crippen LogP contribution in [0.1, 0.15) is 22.5 Å². The highest BCUT2D eigenvalue weighted by Crippen LogP contribution is 2.29. The minimum Gasteiger partial charge on any atom is -0.384 e. The van der Waals surface area contributed by atoms with E-state index in [4.69, 9.17) is 10.5 Å². The molecule has 2 rings (SSSR count). The van der Waals surface area contributed by atoms with Gasteiger partial charge >= 0.3 is 0 Å². The molecule has 2 heterocycles. The minimum atomic E-state index is -0.00565. The van der Waals surface area contributed by atoms with Gasteiger partial charge in [-0.05, 0) is 18.8 Å². The van der Waals surface area contributed by atoms with Crippen molar-refractivity contribution in [1.82, 2.24) is 9.88 Å². The number of hydrogen-bond acceptors (Lipinski definition) is 6. The molecular weight excluding hydrogens is 276 g/mol. The summed E-state index contributed by atoms with van der Waals surface area (Å²) in [6, 6.07) is 0. The van der Waals surface area contributed by atoms with Crippen LogP contribution in [0.5, 0.6) is 0 Å². The van der Waals surface area contributed by atoms with Gasteiger partial charge in [-0.3, -0.25) is 4.79 Å². The Balaban J connectivity index is 2.10. The number of anilines is 2. The average molecular weight is 298 g/mol. The second-order valence-electron chi connectivity index (χ2n) is 5.32. The number of amides is 1. The van der Waals surface area contributed by atoms with Gasteiger partial charge in [-0.2, -0.15) is 0 Å². The Labute approximate surface area is 123 Å². The Hall–Kier alpha value is -1.34. The molecule has 1 saturated heterocycles. The number of aromatic nitrogens is 1. The third-order valence-corrected chi connectivity index (χ3v) is 4.65. The first-order valence-corrected chi connectivity index (χ1v) is 7.56. The summed E-state index contributed by atoms with van der Waals surface area (Å²) in [4.78, 5) is 21.1. The lowest BCUT2D eigenvalue weighted by Gasteiger charge is -2.32. The van der Waals surface area contributed by atoms with Crippen molar-refractivity contribution in [2.75, 3.05) is 51.5 Å². The molecule has 1 fully saturated rings. The molecule has 0 aromatic carbocycles. The lowest BCUT2D eigenvalue weighted by atomic mass is 9.99. The molecule has 1 aromatic heterocycles. The number of rotatable bonds is 4. The lowest BCUT2D eigenvalue weighted by molar-refractivity contribution is 0.0576. The van der Waals surface area contributed by atoms with Crippen LogP contribution in [0.25, 0.3) is 0 Å². The molecule has 7 heteroatoms. The number of likely N-dealkylation sites (tertiary alicyclic amines) is 1. The Bertz CT molecular complexity index is 473. The first-order chi connectivity index (χ1) is 9.52. The fourth-order valence-corrected chi connectivity index (χ4v) is 3.31. The van der Waals surface area contributed by atoms with Crippen LogP contribution in [0.4, 0.5) is 10.9 Å². The molecule has 1 amide bonds. The molecule has 20 heavy (non-hydrogen) atoms. The number of carbonyl (C=O) groups excluding carboxylic acids is 1. The summed E-state index contributed by atoms with van der Waals surface area (Å²) in [7, 11) is 5.48. The van der Waals surface area contributed by atoms with E-state index in [1.165, 1.54) is 11.3 Å². The molecule has 112 valence electrons. The molecule has 0 spiro atoms. The summed E-state index contributed by atoms with van der Waals surface area (Å²) in [5.41, 5.74) is 5.88.